The van der Waals surface area contributed by atoms with Gasteiger partial charge in [0.05, 0.1) is 16.2 Å². The number of aromatic nitrogens is 3. The van der Waals surface area contributed by atoms with Gasteiger partial charge in [0.25, 0.3) is 15.9 Å². The standard InChI is InChI=1S/C16H11Cl3N4O4S/c17-11-5-3-6-12(14(11)19)28(25,26)22-15-16(21-13(18)8-20-15)27-9-10-4-1-2-7-23(10)24/h1-8H,9H2,(H,20,22). The van der Waals surface area contributed by atoms with Crippen molar-refractivity contribution >= 4 is 50.6 Å². The minimum atomic E-state index is -4.15. The topological polar surface area (TPSA) is 108 Å². The van der Waals surface area contributed by atoms with Crippen LogP contribution in [0.5, 0.6) is 5.88 Å². The van der Waals surface area contributed by atoms with Gasteiger partial charge in [0.2, 0.25) is 11.5 Å². The van der Waals surface area contributed by atoms with E-state index in [9.17, 15) is 13.6 Å². The lowest BCUT2D eigenvalue weighted by Gasteiger charge is -2.13. The van der Waals surface area contributed by atoms with E-state index in [1.807, 2.05) is 0 Å². The van der Waals surface area contributed by atoms with Crippen molar-refractivity contribution in [3.63, 3.8) is 0 Å². The second kappa shape index (κ2) is 8.36. The molecule has 0 fully saturated rings. The predicted molar refractivity (Wildman–Crippen MR) is 104 cm³/mol. The molecule has 0 bridgehead atoms. The average molecular weight is 462 g/mol. The van der Waals surface area contributed by atoms with Crippen molar-refractivity contribution in [1.82, 2.24) is 9.97 Å². The number of hydrogen-bond acceptors (Lipinski definition) is 6. The molecule has 2 heterocycles. The highest BCUT2D eigenvalue weighted by Crippen LogP contribution is 2.31. The largest absolute Gasteiger partial charge is 0.618 e. The third kappa shape index (κ3) is 4.56. The third-order valence-corrected chi connectivity index (χ3v) is 5.90. The lowest BCUT2D eigenvalue weighted by atomic mass is 10.4. The molecule has 0 saturated carbocycles. The molecule has 28 heavy (non-hydrogen) atoms. The summed E-state index contributed by atoms with van der Waals surface area (Å²) >= 11 is 17.7. The summed E-state index contributed by atoms with van der Waals surface area (Å²) in [4.78, 5) is 7.58. The van der Waals surface area contributed by atoms with Crippen LogP contribution in [-0.2, 0) is 16.6 Å². The molecular formula is C16H11Cl3N4O4S. The van der Waals surface area contributed by atoms with Crippen LogP contribution in [0.1, 0.15) is 5.69 Å². The highest BCUT2D eigenvalue weighted by Gasteiger charge is 2.23. The first kappa shape index (κ1) is 20.4. The lowest BCUT2D eigenvalue weighted by molar-refractivity contribution is -0.616. The van der Waals surface area contributed by atoms with Gasteiger partial charge < -0.3 is 9.94 Å². The first-order valence-electron chi connectivity index (χ1n) is 7.57. The monoisotopic (exact) mass is 460 g/mol. The zero-order chi connectivity index (χ0) is 20.3. The Hall–Kier alpha value is -2.33. The van der Waals surface area contributed by atoms with Gasteiger partial charge in [-0.2, -0.15) is 9.71 Å². The highest BCUT2D eigenvalue weighted by atomic mass is 35.5. The van der Waals surface area contributed by atoms with E-state index in [2.05, 4.69) is 14.7 Å². The fourth-order valence-corrected chi connectivity index (χ4v) is 4.01. The number of nitrogens with zero attached hydrogens (tertiary/aromatic N) is 3. The Kier molecular flexibility index (Phi) is 6.09. The zero-order valence-corrected chi connectivity index (χ0v) is 16.9. The molecular weight excluding hydrogens is 451 g/mol. The van der Waals surface area contributed by atoms with Crippen molar-refractivity contribution < 1.29 is 17.9 Å². The number of anilines is 1. The quantitative estimate of drug-likeness (QED) is 0.445. The molecule has 3 rings (SSSR count). The van der Waals surface area contributed by atoms with E-state index in [0.29, 0.717) is 4.73 Å². The van der Waals surface area contributed by atoms with Gasteiger partial charge in [-0.15, -0.1) is 0 Å². The summed E-state index contributed by atoms with van der Waals surface area (Å²) in [5.41, 5.74) is 0.274. The Morgan fingerprint density at radius 3 is 2.68 bits per heavy atom. The van der Waals surface area contributed by atoms with Crippen LogP contribution >= 0.6 is 34.8 Å². The Bertz CT molecular complexity index is 1130. The Morgan fingerprint density at radius 2 is 1.93 bits per heavy atom. The van der Waals surface area contributed by atoms with Crippen LogP contribution in [0.25, 0.3) is 0 Å². The minimum Gasteiger partial charge on any atom is -0.618 e. The minimum absolute atomic E-state index is 0.0261. The summed E-state index contributed by atoms with van der Waals surface area (Å²) in [7, 11) is -4.15. The van der Waals surface area contributed by atoms with E-state index in [1.165, 1.54) is 24.4 Å². The molecule has 1 aromatic carbocycles. The molecule has 0 saturated heterocycles. The molecule has 0 unspecified atom stereocenters. The molecule has 3 aromatic rings. The lowest BCUT2D eigenvalue weighted by Crippen LogP contribution is -2.31. The van der Waals surface area contributed by atoms with Crippen molar-refractivity contribution in [1.29, 1.82) is 0 Å². The number of pyridine rings is 1. The number of hydrogen-bond donors (Lipinski definition) is 1. The summed E-state index contributed by atoms with van der Waals surface area (Å²) in [6, 6.07) is 8.94. The number of sulfonamides is 1. The predicted octanol–water partition coefficient (Wildman–Crippen LogP) is 3.45. The zero-order valence-electron chi connectivity index (χ0n) is 13.8. The van der Waals surface area contributed by atoms with E-state index in [1.54, 1.807) is 18.2 Å². The SMILES string of the molecule is O=S(=O)(Nc1ncc(Cl)nc1OCc1cccc[n+]1[O-])c1cccc(Cl)c1Cl. The highest BCUT2D eigenvalue weighted by molar-refractivity contribution is 7.92. The maximum absolute atomic E-state index is 12.7. The molecule has 0 spiro atoms. The second-order valence-electron chi connectivity index (χ2n) is 5.31. The van der Waals surface area contributed by atoms with Crippen LogP contribution in [0.15, 0.2) is 53.7 Å². The Balaban J connectivity index is 1.90. The van der Waals surface area contributed by atoms with E-state index < -0.39 is 10.0 Å². The van der Waals surface area contributed by atoms with Gasteiger partial charge in [-0.25, -0.2) is 13.4 Å². The van der Waals surface area contributed by atoms with Crippen LogP contribution < -0.4 is 14.2 Å². The summed E-state index contributed by atoms with van der Waals surface area (Å²) in [5, 5.41) is 11.6. The molecule has 12 heteroatoms. The van der Waals surface area contributed by atoms with E-state index in [-0.39, 0.29) is 44.1 Å². The molecule has 2 aromatic heterocycles. The Morgan fingerprint density at radius 1 is 1.14 bits per heavy atom. The maximum atomic E-state index is 12.7. The van der Waals surface area contributed by atoms with Gasteiger partial charge in [-0.3, -0.25) is 4.72 Å². The molecule has 1 N–H and O–H groups in total. The van der Waals surface area contributed by atoms with E-state index in [0.717, 1.165) is 6.20 Å². The molecule has 146 valence electrons. The number of ether oxygens (including phenoxy) is 1. The number of halogens is 3. The van der Waals surface area contributed by atoms with Gasteiger partial charge in [-0.1, -0.05) is 40.9 Å². The van der Waals surface area contributed by atoms with Crippen LogP contribution in [-0.4, -0.2) is 18.4 Å². The van der Waals surface area contributed by atoms with E-state index in [4.69, 9.17) is 39.5 Å². The summed E-state index contributed by atoms with van der Waals surface area (Å²) < 4.78 is 33.6. The fraction of sp³-hybridized carbons (Fsp3) is 0.0625. The van der Waals surface area contributed by atoms with Crippen molar-refractivity contribution in [3.05, 3.63) is 74.9 Å². The van der Waals surface area contributed by atoms with Gasteiger partial charge in [-0.05, 0) is 18.2 Å². The smallest absolute Gasteiger partial charge is 0.264 e. The third-order valence-electron chi connectivity index (χ3n) is 3.41. The molecule has 0 atom stereocenters. The van der Waals surface area contributed by atoms with Gasteiger partial charge in [0, 0.05) is 12.1 Å². The normalized spacial score (nSPS) is 11.2. The summed E-state index contributed by atoms with van der Waals surface area (Å²) in [6.45, 7) is -0.188. The molecule has 0 amide bonds. The first-order chi connectivity index (χ1) is 13.3. The van der Waals surface area contributed by atoms with Crippen LogP contribution in [0.2, 0.25) is 15.2 Å². The van der Waals surface area contributed by atoms with Crippen LogP contribution in [0.3, 0.4) is 0 Å². The summed E-state index contributed by atoms with van der Waals surface area (Å²) in [5.74, 6) is -0.438. The number of benzene rings is 1. The van der Waals surface area contributed by atoms with Gasteiger partial charge in [0.1, 0.15) is 4.90 Å². The van der Waals surface area contributed by atoms with Gasteiger partial charge in [0.15, 0.2) is 18.0 Å². The molecule has 0 aliphatic carbocycles. The van der Waals surface area contributed by atoms with Crippen molar-refractivity contribution in [2.45, 2.75) is 11.5 Å². The first-order valence-corrected chi connectivity index (χ1v) is 10.2. The van der Waals surface area contributed by atoms with Crippen molar-refractivity contribution in [2.75, 3.05) is 4.72 Å². The van der Waals surface area contributed by atoms with Crippen LogP contribution in [0, 0.1) is 5.21 Å². The molecule has 0 aliphatic rings. The van der Waals surface area contributed by atoms with Crippen LogP contribution in [0.4, 0.5) is 5.82 Å². The average Bonchev–Trinajstić information content (AvgIpc) is 2.65. The van der Waals surface area contributed by atoms with E-state index >= 15 is 0 Å². The number of rotatable bonds is 6. The second-order valence-corrected chi connectivity index (χ2v) is 8.13. The molecule has 0 radical (unpaired) electrons. The van der Waals surface area contributed by atoms with Crippen molar-refractivity contribution in [3.8, 4) is 5.88 Å². The molecule has 8 nitrogen and oxygen atoms in total. The number of nitrogens with one attached hydrogen (secondary N) is 1. The fourth-order valence-electron chi connectivity index (χ4n) is 2.11. The Labute approximate surface area is 175 Å². The molecule has 0 aliphatic heterocycles. The summed E-state index contributed by atoms with van der Waals surface area (Å²) in [6.07, 6.45) is 2.44. The van der Waals surface area contributed by atoms with Crippen molar-refractivity contribution in [2.24, 2.45) is 0 Å². The maximum Gasteiger partial charge on any atom is 0.264 e. The van der Waals surface area contributed by atoms with Gasteiger partial charge >= 0.3 is 0 Å².